The van der Waals surface area contributed by atoms with Gasteiger partial charge in [0.25, 0.3) is 0 Å². The van der Waals surface area contributed by atoms with Gasteiger partial charge in [-0.25, -0.2) is 8.78 Å². The normalized spacial score (nSPS) is 20.6. The number of carboxylic acid groups (broad SMARTS) is 1. The average molecular weight is 491 g/mol. The number of hydrogen-bond donors (Lipinski definition) is 2. The van der Waals surface area contributed by atoms with Gasteiger partial charge in [-0.05, 0) is 74.4 Å². The highest BCUT2D eigenvalue weighted by Gasteiger charge is 2.42. The fourth-order valence-corrected chi connectivity index (χ4v) is 5.79. The topological polar surface area (TPSA) is 94.7 Å². The number of nitrogens with one attached hydrogen (secondary N) is 1. The summed E-state index contributed by atoms with van der Waals surface area (Å²) < 4.78 is 32.0. The first-order chi connectivity index (χ1) is 17.1. The molecule has 0 bridgehead atoms. The van der Waals surface area contributed by atoms with E-state index in [1.807, 2.05) is 24.5 Å². The van der Waals surface area contributed by atoms with Gasteiger partial charge < -0.3 is 9.67 Å². The molecule has 4 aromatic rings. The van der Waals surface area contributed by atoms with Crippen LogP contribution in [0.5, 0.6) is 0 Å². The molecule has 1 saturated carbocycles. The third-order valence-electron chi connectivity index (χ3n) is 7.91. The van der Waals surface area contributed by atoms with Crippen molar-refractivity contribution in [3.05, 3.63) is 59.4 Å². The minimum atomic E-state index is -0.816. The van der Waals surface area contributed by atoms with Crippen LogP contribution in [0, 0.1) is 28.4 Å². The number of hydrogen-bond acceptors (Lipinski definition) is 3. The zero-order chi connectivity index (χ0) is 25.8. The lowest BCUT2D eigenvalue weighted by Crippen LogP contribution is -2.32. The summed E-state index contributed by atoms with van der Waals surface area (Å²) in [6, 6.07) is 10.2. The molecule has 0 aliphatic heterocycles. The van der Waals surface area contributed by atoms with Crippen LogP contribution in [-0.4, -0.2) is 25.8 Å². The third kappa shape index (κ3) is 3.65. The zero-order valence-electron chi connectivity index (χ0n) is 20.5. The van der Waals surface area contributed by atoms with E-state index < -0.39 is 22.6 Å². The van der Waals surface area contributed by atoms with E-state index in [2.05, 4.69) is 16.3 Å². The van der Waals surface area contributed by atoms with Crippen molar-refractivity contribution in [3.63, 3.8) is 0 Å². The van der Waals surface area contributed by atoms with Gasteiger partial charge in [0, 0.05) is 34.0 Å². The van der Waals surface area contributed by atoms with Gasteiger partial charge in [0.05, 0.1) is 23.2 Å². The number of nitrogens with zero attached hydrogens (tertiary/aromatic N) is 3. The van der Waals surface area contributed by atoms with Gasteiger partial charge in [0.15, 0.2) is 5.82 Å². The number of aromatic nitrogens is 3. The van der Waals surface area contributed by atoms with Gasteiger partial charge >= 0.3 is 5.97 Å². The van der Waals surface area contributed by atoms with Crippen molar-refractivity contribution in [2.24, 2.45) is 5.41 Å². The predicted octanol–water partition coefficient (Wildman–Crippen LogP) is 6.72. The second kappa shape index (κ2) is 8.44. The van der Waals surface area contributed by atoms with Crippen LogP contribution in [0.2, 0.25) is 0 Å². The van der Waals surface area contributed by atoms with E-state index in [1.165, 1.54) is 12.1 Å². The summed E-state index contributed by atoms with van der Waals surface area (Å²) in [5.41, 5.74) is 1.71. The van der Waals surface area contributed by atoms with E-state index in [0.717, 1.165) is 11.3 Å². The number of fused-ring (bicyclic) bond motifs is 2. The molecule has 0 atom stereocenters. The summed E-state index contributed by atoms with van der Waals surface area (Å²) in [5.74, 6) is -1.71. The highest BCUT2D eigenvalue weighted by molar-refractivity contribution is 6.00. The summed E-state index contributed by atoms with van der Waals surface area (Å²) in [6.45, 7) is 5.69. The van der Waals surface area contributed by atoms with Crippen molar-refractivity contribution in [2.75, 3.05) is 0 Å². The number of carbonyl (C=O) groups is 1. The standard InChI is InChI=1S/C28H28F2N4O2/c1-27(2,12-13-31)25-21(16-8-10-28(3,11-9-16)26(35)36)22-20(14-17-15-32-33-24(17)23(22)30)34(25)19-6-4-18(29)5-7-19/h4-7,14-16H,8-12H2,1-3H3,(H,32,33)(H,35,36). The minimum Gasteiger partial charge on any atom is -0.481 e. The highest BCUT2D eigenvalue weighted by atomic mass is 19.1. The number of aliphatic carboxylic acids is 1. The van der Waals surface area contributed by atoms with Crippen molar-refractivity contribution in [1.29, 1.82) is 5.26 Å². The summed E-state index contributed by atoms with van der Waals surface area (Å²) in [6.07, 6.45) is 3.88. The lowest BCUT2D eigenvalue weighted by Gasteiger charge is -2.36. The Labute approximate surface area is 207 Å². The second-order valence-corrected chi connectivity index (χ2v) is 10.9. The fourth-order valence-electron chi connectivity index (χ4n) is 5.79. The molecule has 2 aromatic heterocycles. The Morgan fingerprint density at radius 1 is 1.28 bits per heavy atom. The molecule has 1 aliphatic carbocycles. The first-order valence-electron chi connectivity index (χ1n) is 12.1. The Balaban J connectivity index is 1.86. The van der Waals surface area contributed by atoms with Crippen molar-refractivity contribution < 1.29 is 18.7 Å². The Morgan fingerprint density at radius 2 is 1.94 bits per heavy atom. The zero-order valence-corrected chi connectivity index (χ0v) is 20.5. The molecule has 186 valence electrons. The monoisotopic (exact) mass is 490 g/mol. The third-order valence-corrected chi connectivity index (χ3v) is 7.91. The molecule has 0 unspecified atom stereocenters. The molecule has 2 aromatic carbocycles. The molecule has 2 N–H and O–H groups in total. The van der Waals surface area contributed by atoms with Crippen molar-refractivity contribution in [2.45, 2.75) is 64.2 Å². The van der Waals surface area contributed by atoms with Gasteiger partial charge in [0.2, 0.25) is 0 Å². The van der Waals surface area contributed by atoms with Crippen LogP contribution in [0.1, 0.15) is 70.1 Å². The molecule has 0 saturated heterocycles. The van der Waals surface area contributed by atoms with Crippen LogP contribution < -0.4 is 0 Å². The Bertz CT molecular complexity index is 1520. The maximum Gasteiger partial charge on any atom is 0.309 e. The maximum atomic E-state index is 16.2. The molecule has 8 heteroatoms. The minimum absolute atomic E-state index is 0.0931. The van der Waals surface area contributed by atoms with E-state index in [0.29, 0.717) is 53.2 Å². The molecular formula is C28H28F2N4O2. The van der Waals surface area contributed by atoms with Crippen LogP contribution in [0.3, 0.4) is 0 Å². The molecular weight excluding hydrogens is 462 g/mol. The Morgan fingerprint density at radius 3 is 2.56 bits per heavy atom. The fraction of sp³-hybridized carbons (Fsp3) is 0.393. The van der Waals surface area contributed by atoms with Crippen LogP contribution in [0.15, 0.2) is 36.5 Å². The maximum absolute atomic E-state index is 16.2. The molecule has 0 radical (unpaired) electrons. The Hall–Kier alpha value is -3.73. The smallest absolute Gasteiger partial charge is 0.309 e. The van der Waals surface area contributed by atoms with E-state index in [-0.39, 0.29) is 18.2 Å². The predicted molar refractivity (Wildman–Crippen MR) is 133 cm³/mol. The SMILES string of the molecule is CC1(C(=O)O)CCC(c2c(C(C)(C)CC#N)n(-c3ccc(F)cc3)c3cc4cn[nH]c4c(F)c23)CC1. The number of halogens is 2. The summed E-state index contributed by atoms with van der Waals surface area (Å²) in [7, 11) is 0. The first kappa shape index (κ1) is 24.0. The van der Waals surface area contributed by atoms with E-state index in [4.69, 9.17) is 0 Å². The van der Waals surface area contributed by atoms with Gasteiger partial charge in [0.1, 0.15) is 11.3 Å². The quantitative estimate of drug-likeness (QED) is 0.324. The number of carboxylic acids is 1. The van der Waals surface area contributed by atoms with Crippen LogP contribution >= 0.6 is 0 Å². The number of nitriles is 1. The van der Waals surface area contributed by atoms with Gasteiger partial charge in [-0.1, -0.05) is 13.8 Å². The van der Waals surface area contributed by atoms with Crippen molar-refractivity contribution in [1.82, 2.24) is 14.8 Å². The second-order valence-electron chi connectivity index (χ2n) is 10.9. The molecule has 2 heterocycles. The van der Waals surface area contributed by atoms with E-state index in [1.54, 1.807) is 25.3 Å². The number of rotatable bonds is 5. The number of aromatic amines is 1. The molecule has 1 aliphatic rings. The first-order valence-corrected chi connectivity index (χ1v) is 12.1. The molecule has 6 nitrogen and oxygen atoms in total. The molecule has 0 spiro atoms. The molecule has 0 amide bonds. The molecule has 5 rings (SSSR count). The van der Waals surface area contributed by atoms with Crippen molar-refractivity contribution >= 4 is 27.8 Å². The van der Waals surface area contributed by atoms with Gasteiger partial charge in [-0.15, -0.1) is 0 Å². The van der Waals surface area contributed by atoms with Crippen LogP contribution in [-0.2, 0) is 10.2 Å². The van der Waals surface area contributed by atoms with E-state index >= 15 is 4.39 Å². The van der Waals surface area contributed by atoms with Crippen LogP contribution in [0.4, 0.5) is 8.78 Å². The summed E-state index contributed by atoms with van der Waals surface area (Å²) >= 11 is 0. The number of benzene rings is 2. The molecule has 1 fully saturated rings. The Kier molecular flexibility index (Phi) is 5.62. The van der Waals surface area contributed by atoms with Crippen LogP contribution in [0.25, 0.3) is 27.5 Å². The van der Waals surface area contributed by atoms with Crippen molar-refractivity contribution in [3.8, 4) is 11.8 Å². The molecule has 36 heavy (non-hydrogen) atoms. The lowest BCUT2D eigenvalue weighted by molar-refractivity contribution is -0.149. The van der Waals surface area contributed by atoms with Gasteiger partial charge in [-0.2, -0.15) is 10.4 Å². The summed E-state index contributed by atoms with van der Waals surface area (Å²) in [5, 5.41) is 27.3. The largest absolute Gasteiger partial charge is 0.481 e. The highest BCUT2D eigenvalue weighted by Crippen LogP contribution is 2.50. The lowest BCUT2D eigenvalue weighted by atomic mass is 9.68. The average Bonchev–Trinajstić information content (AvgIpc) is 3.44. The summed E-state index contributed by atoms with van der Waals surface area (Å²) in [4.78, 5) is 11.9. The van der Waals surface area contributed by atoms with E-state index in [9.17, 15) is 19.6 Å². The number of H-pyrrole nitrogens is 1. The van der Waals surface area contributed by atoms with Gasteiger partial charge in [-0.3, -0.25) is 9.89 Å².